The summed E-state index contributed by atoms with van der Waals surface area (Å²) in [6.07, 6.45) is 10.8. The standard InChI is InChI=1S/C29H34N2O5/c1-4-12-31-13-11-28-25-19-7-8-22(32)26(25)36-27(28)21(16-20(5-2)29(28,34)23(31)15-19)30(3)24(33)9-6-18-10-14-35-17-18/h4,6-10,14,17,20-21,23,27,32,34H,1,5,11-13,15-16H2,2-3H3/b9-6+/t20-,21-,23+,27-,28-,29+/m0/s1. The number of carbonyl (C=O) groups is 1. The SMILES string of the molecule is C=CCN1CC[C@]23c4c5ccc(O)c4O[C@H]2[C@@H](N(C)C(=O)/C=C/c2ccoc2)C[C@H](CC)[C@@]3(O)[C@H]1C5. The van der Waals surface area contributed by atoms with Crippen LogP contribution < -0.4 is 4.74 Å². The smallest absolute Gasteiger partial charge is 0.246 e. The first kappa shape index (κ1) is 23.4. The van der Waals surface area contributed by atoms with Gasteiger partial charge in [-0.1, -0.05) is 25.5 Å². The van der Waals surface area contributed by atoms with Gasteiger partial charge >= 0.3 is 0 Å². The summed E-state index contributed by atoms with van der Waals surface area (Å²) in [7, 11) is 1.82. The summed E-state index contributed by atoms with van der Waals surface area (Å²) in [5.74, 6) is 0.434. The molecular weight excluding hydrogens is 456 g/mol. The lowest BCUT2D eigenvalue weighted by Gasteiger charge is -2.67. The Balaban J connectivity index is 1.47. The van der Waals surface area contributed by atoms with E-state index in [0.29, 0.717) is 31.6 Å². The van der Waals surface area contributed by atoms with Crippen molar-refractivity contribution in [2.45, 2.75) is 61.8 Å². The van der Waals surface area contributed by atoms with Crippen LogP contribution in [0.4, 0.5) is 0 Å². The van der Waals surface area contributed by atoms with Crippen molar-refractivity contribution in [1.82, 2.24) is 9.80 Å². The molecule has 1 aromatic heterocycles. The molecule has 1 saturated heterocycles. The van der Waals surface area contributed by atoms with Crippen molar-refractivity contribution in [2.75, 3.05) is 20.1 Å². The topological polar surface area (TPSA) is 86.4 Å². The maximum Gasteiger partial charge on any atom is 0.246 e. The summed E-state index contributed by atoms with van der Waals surface area (Å²) < 4.78 is 11.7. The minimum Gasteiger partial charge on any atom is -0.504 e. The molecule has 0 unspecified atom stereocenters. The average Bonchev–Trinajstić information content (AvgIpc) is 3.51. The van der Waals surface area contributed by atoms with E-state index in [1.807, 2.05) is 19.2 Å². The van der Waals surface area contributed by atoms with Crippen molar-refractivity contribution in [1.29, 1.82) is 0 Å². The molecule has 190 valence electrons. The lowest BCUT2D eigenvalue weighted by atomic mass is 9.45. The van der Waals surface area contributed by atoms with Gasteiger partial charge in [-0.25, -0.2) is 0 Å². The molecule has 7 heteroatoms. The molecule has 7 nitrogen and oxygen atoms in total. The fraction of sp³-hybridized carbons (Fsp3) is 0.483. The van der Waals surface area contributed by atoms with Gasteiger partial charge in [0, 0.05) is 36.8 Å². The number of hydrogen-bond donors (Lipinski definition) is 2. The minimum atomic E-state index is -1.03. The van der Waals surface area contributed by atoms with Crippen LogP contribution in [0.3, 0.4) is 0 Å². The molecule has 6 rings (SSSR count). The van der Waals surface area contributed by atoms with Gasteiger partial charge in [0.1, 0.15) is 6.10 Å². The molecule has 36 heavy (non-hydrogen) atoms. The maximum atomic E-state index is 13.3. The number of benzene rings is 1. The number of furan rings is 1. The Morgan fingerprint density at radius 2 is 2.19 bits per heavy atom. The summed E-state index contributed by atoms with van der Waals surface area (Å²) in [6.45, 7) is 7.60. The number of piperidine rings is 1. The molecule has 0 radical (unpaired) electrons. The Labute approximate surface area is 211 Å². The Morgan fingerprint density at radius 3 is 2.92 bits per heavy atom. The number of phenolic OH excluding ortho intramolecular Hbond substituents is 1. The summed E-state index contributed by atoms with van der Waals surface area (Å²) in [4.78, 5) is 17.5. The number of phenols is 1. The zero-order valence-electron chi connectivity index (χ0n) is 20.9. The Morgan fingerprint density at radius 1 is 1.36 bits per heavy atom. The number of aliphatic hydroxyl groups is 1. The number of likely N-dealkylation sites (N-methyl/N-ethyl adjacent to an activating group) is 1. The van der Waals surface area contributed by atoms with Crippen molar-refractivity contribution >= 4 is 12.0 Å². The highest BCUT2D eigenvalue weighted by Crippen LogP contribution is 2.67. The van der Waals surface area contributed by atoms with Crippen LogP contribution in [0.25, 0.3) is 6.08 Å². The third kappa shape index (κ3) is 2.90. The van der Waals surface area contributed by atoms with Crippen LogP contribution in [0.15, 0.2) is 53.9 Å². The lowest BCUT2D eigenvalue weighted by molar-refractivity contribution is -0.226. The molecule has 1 aromatic carbocycles. The zero-order chi connectivity index (χ0) is 25.2. The van der Waals surface area contributed by atoms with Crippen molar-refractivity contribution in [3.8, 4) is 11.5 Å². The number of ether oxygens (including phenoxy) is 1. The summed E-state index contributed by atoms with van der Waals surface area (Å²) in [6, 6.07) is 5.16. The van der Waals surface area contributed by atoms with Crippen LogP contribution in [0.5, 0.6) is 11.5 Å². The number of rotatable bonds is 6. The fourth-order valence-electron chi connectivity index (χ4n) is 7.88. The Hall–Kier alpha value is -3.03. The second-order valence-electron chi connectivity index (χ2n) is 10.8. The third-order valence-electron chi connectivity index (χ3n) is 9.43. The first-order chi connectivity index (χ1) is 17.4. The van der Waals surface area contributed by atoms with Crippen LogP contribution in [-0.4, -0.2) is 69.8 Å². The molecule has 4 aliphatic rings. The fourth-order valence-corrected chi connectivity index (χ4v) is 7.88. The summed E-state index contributed by atoms with van der Waals surface area (Å²) in [5.41, 5.74) is 1.18. The van der Waals surface area contributed by atoms with Crippen LogP contribution >= 0.6 is 0 Å². The number of carbonyl (C=O) groups excluding carboxylic acids is 1. The van der Waals surface area contributed by atoms with Crippen molar-refractivity contribution < 1.29 is 24.2 Å². The van der Waals surface area contributed by atoms with Crippen LogP contribution in [0.1, 0.15) is 42.9 Å². The normalized spacial score (nSPS) is 34.3. The van der Waals surface area contributed by atoms with Gasteiger partial charge in [0.15, 0.2) is 11.5 Å². The van der Waals surface area contributed by atoms with Gasteiger partial charge in [0.2, 0.25) is 5.91 Å². The monoisotopic (exact) mass is 490 g/mol. The Bertz CT molecular complexity index is 1220. The van der Waals surface area contributed by atoms with Gasteiger partial charge in [0.25, 0.3) is 0 Å². The van der Waals surface area contributed by atoms with Crippen LogP contribution in [0, 0.1) is 5.92 Å². The third-order valence-corrected chi connectivity index (χ3v) is 9.43. The van der Waals surface area contributed by atoms with E-state index in [1.54, 1.807) is 41.7 Å². The predicted molar refractivity (Wildman–Crippen MR) is 136 cm³/mol. The molecule has 6 atom stereocenters. The zero-order valence-corrected chi connectivity index (χ0v) is 20.9. The van der Waals surface area contributed by atoms with Gasteiger partial charge in [-0.15, -0.1) is 6.58 Å². The van der Waals surface area contributed by atoms with Crippen molar-refractivity contribution in [3.05, 3.63) is 66.1 Å². The molecule has 2 aromatic rings. The predicted octanol–water partition coefficient (Wildman–Crippen LogP) is 3.50. The highest BCUT2D eigenvalue weighted by Gasteiger charge is 2.75. The molecule has 1 saturated carbocycles. The highest BCUT2D eigenvalue weighted by molar-refractivity contribution is 5.92. The second kappa shape index (κ2) is 8.25. The van der Waals surface area contributed by atoms with Crippen molar-refractivity contribution in [3.63, 3.8) is 0 Å². The van der Waals surface area contributed by atoms with Crippen LogP contribution in [-0.2, 0) is 16.6 Å². The van der Waals surface area contributed by atoms with Gasteiger partial charge < -0.3 is 24.3 Å². The van der Waals surface area contributed by atoms with E-state index in [1.165, 1.54) is 0 Å². The van der Waals surface area contributed by atoms with Gasteiger partial charge in [-0.2, -0.15) is 0 Å². The lowest BCUT2D eigenvalue weighted by Crippen LogP contribution is -2.80. The molecule has 2 fully saturated rings. The molecule has 2 aliphatic heterocycles. The summed E-state index contributed by atoms with van der Waals surface area (Å²) in [5, 5.41) is 23.7. The number of amides is 1. The maximum absolute atomic E-state index is 13.3. The first-order valence-corrected chi connectivity index (χ1v) is 12.9. The summed E-state index contributed by atoms with van der Waals surface area (Å²) >= 11 is 0. The second-order valence-corrected chi connectivity index (χ2v) is 10.8. The molecule has 1 spiro atoms. The van der Waals surface area contributed by atoms with Crippen molar-refractivity contribution in [2.24, 2.45) is 5.92 Å². The number of likely N-dealkylation sites (tertiary alicyclic amines) is 1. The quantitative estimate of drug-likeness (QED) is 0.476. The van der Waals surface area contributed by atoms with E-state index in [-0.39, 0.29) is 29.7 Å². The molecule has 2 aliphatic carbocycles. The first-order valence-electron chi connectivity index (χ1n) is 12.9. The number of nitrogens with zero attached hydrogens (tertiary/aromatic N) is 2. The largest absolute Gasteiger partial charge is 0.504 e. The highest BCUT2D eigenvalue weighted by atomic mass is 16.5. The minimum absolute atomic E-state index is 0.0329. The average molecular weight is 491 g/mol. The van der Waals surface area contributed by atoms with Gasteiger partial charge in [-0.05, 0) is 55.5 Å². The number of hydrogen-bond acceptors (Lipinski definition) is 6. The van der Waals surface area contributed by atoms with E-state index in [9.17, 15) is 15.0 Å². The molecule has 2 bridgehead atoms. The molecule has 2 N–H and O–H groups in total. The van der Waals surface area contributed by atoms with E-state index in [4.69, 9.17) is 9.15 Å². The van der Waals surface area contributed by atoms with Crippen LogP contribution in [0.2, 0.25) is 0 Å². The molecule has 3 heterocycles. The van der Waals surface area contributed by atoms with E-state index in [2.05, 4.69) is 18.4 Å². The van der Waals surface area contributed by atoms with Gasteiger partial charge in [-0.3, -0.25) is 9.69 Å². The molecule has 1 amide bonds. The Kier molecular flexibility index (Phi) is 5.36. The van der Waals surface area contributed by atoms with E-state index >= 15 is 0 Å². The number of aromatic hydroxyl groups is 1. The van der Waals surface area contributed by atoms with Gasteiger partial charge in [0.05, 0.1) is 29.6 Å². The van der Waals surface area contributed by atoms with E-state index < -0.39 is 17.1 Å². The molecular formula is C29H34N2O5. The van der Waals surface area contributed by atoms with E-state index in [0.717, 1.165) is 29.7 Å².